The van der Waals surface area contributed by atoms with Crippen LogP contribution in [-0.4, -0.2) is 31.7 Å². The average Bonchev–Trinajstić information content (AvgIpc) is 2.34. The van der Waals surface area contributed by atoms with Crippen molar-refractivity contribution in [2.24, 2.45) is 10.7 Å². The van der Waals surface area contributed by atoms with Crippen molar-refractivity contribution in [1.82, 2.24) is 5.32 Å². The lowest BCUT2D eigenvalue weighted by molar-refractivity contribution is 0.415. The van der Waals surface area contributed by atoms with E-state index in [1.54, 1.807) is 7.11 Å². The maximum Gasteiger partial charge on any atom is 0.193 e. The first-order chi connectivity index (χ1) is 8.90. The molecule has 0 fully saturated rings. The maximum absolute atomic E-state index is 5.81. The zero-order valence-corrected chi connectivity index (χ0v) is 14.9. The first-order valence-corrected chi connectivity index (χ1v) is 6.37. The lowest BCUT2D eigenvalue weighted by Crippen LogP contribution is -2.37. The van der Waals surface area contributed by atoms with Gasteiger partial charge in [0.2, 0.25) is 0 Å². The Labute approximate surface area is 138 Å². The number of nitrogens with one attached hydrogen (secondary N) is 2. The van der Waals surface area contributed by atoms with Crippen LogP contribution in [0.25, 0.3) is 0 Å². The van der Waals surface area contributed by atoms with Gasteiger partial charge in [-0.1, -0.05) is 0 Å². The second-order valence-corrected chi connectivity index (χ2v) is 5.30. The summed E-state index contributed by atoms with van der Waals surface area (Å²) in [5, 5.41) is 6.38. The molecule has 20 heavy (non-hydrogen) atoms. The summed E-state index contributed by atoms with van der Waals surface area (Å²) in [5.74, 6) is 1.23. The standard InChI is InChI=1S/C14H24N4O.HI/c1-14(2,3)17-10-9-16-13(15)18-11-5-7-12(19-4)8-6-11;/h5-8,17H,9-10H2,1-4H3,(H3,15,16,18);1H. The summed E-state index contributed by atoms with van der Waals surface area (Å²) in [6.45, 7) is 7.81. The molecule has 1 rings (SSSR count). The molecule has 0 aliphatic carbocycles. The third-order valence-corrected chi connectivity index (χ3v) is 2.41. The second-order valence-electron chi connectivity index (χ2n) is 5.30. The summed E-state index contributed by atoms with van der Waals surface area (Å²) in [7, 11) is 1.64. The smallest absolute Gasteiger partial charge is 0.193 e. The average molecular weight is 392 g/mol. The normalized spacial score (nSPS) is 11.7. The van der Waals surface area contributed by atoms with E-state index in [2.05, 4.69) is 36.4 Å². The summed E-state index contributed by atoms with van der Waals surface area (Å²) in [5.41, 5.74) is 6.81. The number of rotatable bonds is 5. The number of methoxy groups -OCH3 is 1. The molecule has 0 aliphatic heterocycles. The largest absolute Gasteiger partial charge is 0.497 e. The van der Waals surface area contributed by atoms with Crippen molar-refractivity contribution in [2.45, 2.75) is 26.3 Å². The van der Waals surface area contributed by atoms with Crippen LogP contribution in [0.4, 0.5) is 5.69 Å². The zero-order chi connectivity index (χ0) is 14.3. The van der Waals surface area contributed by atoms with Gasteiger partial charge in [-0.05, 0) is 45.0 Å². The van der Waals surface area contributed by atoms with E-state index in [4.69, 9.17) is 10.5 Å². The summed E-state index contributed by atoms with van der Waals surface area (Å²) in [6.07, 6.45) is 0. The van der Waals surface area contributed by atoms with Gasteiger partial charge in [-0.2, -0.15) is 0 Å². The minimum atomic E-state index is 0. The van der Waals surface area contributed by atoms with Crippen LogP contribution in [0.1, 0.15) is 20.8 Å². The summed E-state index contributed by atoms with van der Waals surface area (Å²) >= 11 is 0. The minimum absolute atomic E-state index is 0. The van der Waals surface area contributed by atoms with Gasteiger partial charge in [0.25, 0.3) is 0 Å². The highest BCUT2D eigenvalue weighted by Gasteiger charge is 2.06. The fraction of sp³-hybridized carbons (Fsp3) is 0.500. The molecule has 0 saturated heterocycles. The van der Waals surface area contributed by atoms with Gasteiger partial charge in [-0.15, -0.1) is 24.0 Å². The van der Waals surface area contributed by atoms with Crippen molar-refractivity contribution in [1.29, 1.82) is 0 Å². The number of hydrogen-bond donors (Lipinski definition) is 3. The van der Waals surface area contributed by atoms with E-state index < -0.39 is 0 Å². The number of nitrogens with two attached hydrogens (primary N) is 1. The summed E-state index contributed by atoms with van der Waals surface area (Å²) in [6, 6.07) is 7.54. The second kappa shape index (κ2) is 9.02. The summed E-state index contributed by atoms with van der Waals surface area (Å²) < 4.78 is 5.09. The molecule has 1 aromatic carbocycles. The molecule has 0 aliphatic rings. The Morgan fingerprint density at radius 3 is 2.35 bits per heavy atom. The molecule has 0 unspecified atom stereocenters. The Kier molecular flexibility index (Phi) is 8.56. The topological polar surface area (TPSA) is 71.7 Å². The van der Waals surface area contributed by atoms with Gasteiger partial charge in [0.1, 0.15) is 5.75 Å². The van der Waals surface area contributed by atoms with Gasteiger partial charge in [-0.3, -0.25) is 4.99 Å². The van der Waals surface area contributed by atoms with Crippen molar-refractivity contribution in [3.05, 3.63) is 24.3 Å². The molecule has 114 valence electrons. The van der Waals surface area contributed by atoms with Crippen LogP contribution in [0.3, 0.4) is 0 Å². The molecule has 4 N–H and O–H groups in total. The predicted octanol–water partition coefficient (Wildman–Crippen LogP) is 2.43. The van der Waals surface area contributed by atoms with Gasteiger partial charge in [0.15, 0.2) is 5.96 Å². The van der Waals surface area contributed by atoms with E-state index in [1.165, 1.54) is 0 Å². The summed E-state index contributed by atoms with van der Waals surface area (Å²) in [4.78, 5) is 4.25. The predicted molar refractivity (Wildman–Crippen MR) is 96.3 cm³/mol. The number of hydrogen-bond acceptors (Lipinski definition) is 3. The van der Waals surface area contributed by atoms with Gasteiger partial charge in [0, 0.05) is 17.8 Å². The Morgan fingerprint density at radius 1 is 1.25 bits per heavy atom. The molecule has 0 bridgehead atoms. The van der Waals surface area contributed by atoms with Gasteiger partial charge >= 0.3 is 0 Å². The fourth-order valence-corrected chi connectivity index (χ4v) is 1.47. The van der Waals surface area contributed by atoms with Crippen LogP contribution in [0.5, 0.6) is 5.75 Å². The van der Waals surface area contributed by atoms with Gasteiger partial charge in [-0.25, -0.2) is 0 Å². The van der Waals surface area contributed by atoms with Gasteiger partial charge in [0.05, 0.1) is 13.7 Å². The highest BCUT2D eigenvalue weighted by molar-refractivity contribution is 14.0. The molecule has 0 amide bonds. The Bertz CT molecular complexity index is 412. The number of nitrogens with zero attached hydrogens (tertiary/aromatic N) is 1. The third-order valence-electron chi connectivity index (χ3n) is 2.41. The Morgan fingerprint density at radius 2 is 1.85 bits per heavy atom. The number of anilines is 1. The fourth-order valence-electron chi connectivity index (χ4n) is 1.47. The lowest BCUT2D eigenvalue weighted by Gasteiger charge is -2.19. The van der Waals surface area contributed by atoms with E-state index in [9.17, 15) is 0 Å². The molecule has 1 aromatic rings. The van der Waals surface area contributed by atoms with Crippen molar-refractivity contribution in [2.75, 3.05) is 25.5 Å². The van der Waals surface area contributed by atoms with E-state index >= 15 is 0 Å². The molecule has 6 heteroatoms. The Balaban J connectivity index is 0.00000361. The van der Waals surface area contributed by atoms with Crippen molar-refractivity contribution in [3.8, 4) is 5.75 Å². The number of halogens is 1. The van der Waals surface area contributed by atoms with Crippen LogP contribution in [0.2, 0.25) is 0 Å². The molecule has 0 radical (unpaired) electrons. The Hall–Kier alpha value is -1.02. The minimum Gasteiger partial charge on any atom is -0.497 e. The number of guanidine groups is 1. The van der Waals surface area contributed by atoms with E-state index in [0.29, 0.717) is 12.5 Å². The SMILES string of the molecule is COc1ccc(NC(N)=NCCNC(C)(C)C)cc1.I. The van der Waals surface area contributed by atoms with Crippen molar-refractivity contribution in [3.63, 3.8) is 0 Å². The zero-order valence-electron chi connectivity index (χ0n) is 12.6. The molecule has 0 spiro atoms. The maximum atomic E-state index is 5.81. The van der Waals surface area contributed by atoms with E-state index in [1.807, 2.05) is 24.3 Å². The molecular formula is C14H25IN4O. The van der Waals surface area contributed by atoms with E-state index in [-0.39, 0.29) is 29.5 Å². The molecule has 0 saturated carbocycles. The monoisotopic (exact) mass is 392 g/mol. The number of aliphatic imine (C=N–C) groups is 1. The number of benzene rings is 1. The quantitative estimate of drug-likeness (QED) is 0.312. The first kappa shape index (κ1) is 19.0. The lowest BCUT2D eigenvalue weighted by atomic mass is 10.1. The van der Waals surface area contributed by atoms with Gasteiger partial charge < -0.3 is 21.1 Å². The van der Waals surface area contributed by atoms with Crippen LogP contribution < -0.4 is 21.1 Å². The molecule has 0 heterocycles. The highest BCUT2D eigenvalue weighted by Crippen LogP contribution is 2.14. The van der Waals surface area contributed by atoms with Crippen LogP contribution >= 0.6 is 24.0 Å². The van der Waals surface area contributed by atoms with Crippen molar-refractivity contribution < 1.29 is 4.74 Å². The number of ether oxygens (including phenoxy) is 1. The third kappa shape index (κ3) is 8.21. The molecular weight excluding hydrogens is 367 g/mol. The highest BCUT2D eigenvalue weighted by atomic mass is 127. The molecule has 0 atom stereocenters. The first-order valence-electron chi connectivity index (χ1n) is 6.37. The van der Waals surface area contributed by atoms with Crippen LogP contribution in [0.15, 0.2) is 29.3 Å². The van der Waals surface area contributed by atoms with E-state index in [0.717, 1.165) is 18.0 Å². The molecule has 5 nitrogen and oxygen atoms in total. The van der Waals surface area contributed by atoms with Crippen LogP contribution in [0, 0.1) is 0 Å². The van der Waals surface area contributed by atoms with Crippen molar-refractivity contribution >= 4 is 35.6 Å². The molecule has 0 aromatic heterocycles. The van der Waals surface area contributed by atoms with Crippen LogP contribution in [-0.2, 0) is 0 Å².